The second kappa shape index (κ2) is 5.55. The van der Waals surface area contributed by atoms with Crippen molar-refractivity contribution >= 4 is 5.97 Å². The van der Waals surface area contributed by atoms with Gasteiger partial charge in [-0.15, -0.1) is 0 Å². The molecule has 0 bridgehead atoms. The number of benzene rings is 1. The third-order valence-electron chi connectivity index (χ3n) is 3.91. The fourth-order valence-corrected chi connectivity index (χ4v) is 2.81. The molecule has 0 amide bonds. The lowest BCUT2D eigenvalue weighted by molar-refractivity contribution is -0.139. The van der Waals surface area contributed by atoms with E-state index in [1.54, 1.807) is 0 Å². The molecule has 0 radical (unpaired) electrons. The molecule has 0 saturated heterocycles. The minimum atomic E-state index is -0.372. The van der Waals surface area contributed by atoms with Gasteiger partial charge < -0.3 is 4.74 Å². The van der Waals surface area contributed by atoms with Crippen molar-refractivity contribution < 1.29 is 9.53 Å². The van der Waals surface area contributed by atoms with Crippen LogP contribution in [0.3, 0.4) is 0 Å². The van der Waals surface area contributed by atoms with E-state index in [2.05, 4.69) is 19.9 Å². The van der Waals surface area contributed by atoms with Crippen molar-refractivity contribution in [1.29, 1.82) is 0 Å². The average molecular weight is 246 g/mol. The Morgan fingerprint density at radius 1 is 1.06 bits per heavy atom. The van der Waals surface area contributed by atoms with Crippen molar-refractivity contribution in [3.63, 3.8) is 0 Å². The Hall–Kier alpha value is -1.31. The topological polar surface area (TPSA) is 26.3 Å². The van der Waals surface area contributed by atoms with Gasteiger partial charge in [0.15, 0.2) is 0 Å². The number of unbranched alkanes of at least 4 members (excludes halogenated alkanes) is 2. The first-order valence-electron chi connectivity index (χ1n) is 7.06. The quantitative estimate of drug-likeness (QED) is 0.555. The van der Waals surface area contributed by atoms with Gasteiger partial charge in [0, 0.05) is 5.56 Å². The monoisotopic (exact) mass is 246 g/mol. The number of rotatable bonds is 6. The first kappa shape index (κ1) is 13.1. The smallest absolute Gasteiger partial charge is 0.322 e. The van der Waals surface area contributed by atoms with Crippen LogP contribution in [0.5, 0.6) is 5.75 Å². The lowest BCUT2D eigenvalue weighted by Crippen LogP contribution is -2.33. The number of carbonyl (C=O) groups is 1. The van der Waals surface area contributed by atoms with Crippen LogP contribution < -0.4 is 4.74 Å². The van der Waals surface area contributed by atoms with Crippen molar-refractivity contribution in [1.82, 2.24) is 0 Å². The van der Waals surface area contributed by atoms with E-state index in [0.29, 0.717) is 0 Å². The zero-order valence-electron chi connectivity index (χ0n) is 11.4. The molecule has 1 aromatic rings. The summed E-state index contributed by atoms with van der Waals surface area (Å²) in [5, 5.41) is 0. The van der Waals surface area contributed by atoms with Crippen LogP contribution >= 0.6 is 0 Å². The maximum atomic E-state index is 12.3. The molecule has 2 rings (SSSR count). The third-order valence-corrected chi connectivity index (χ3v) is 3.91. The summed E-state index contributed by atoms with van der Waals surface area (Å²) in [6, 6.07) is 7.91. The molecule has 0 spiro atoms. The molecule has 1 aliphatic heterocycles. The van der Waals surface area contributed by atoms with Gasteiger partial charge in [0.2, 0.25) is 0 Å². The van der Waals surface area contributed by atoms with E-state index in [1.807, 2.05) is 18.2 Å². The molecular weight excluding hydrogens is 224 g/mol. The van der Waals surface area contributed by atoms with Gasteiger partial charge >= 0.3 is 5.97 Å². The second-order valence-corrected chi connectivity index (χ2v) is 5.17. The molecule has 0 atom stereocenters. The van der Waals surface area contributed by atoms with E-state index in [9.17, 15) is 4.79 Å². The van der Waals surface area contributed by atoms with Gasteiger partial charge in [0.05, 0.1) is 5.41 Å². The van der Waals surface area contributed by atoms with Crippen LogP contribution in [0.25, 0.3) is 0 Å². The largest absolute Gasteiger partial charge is 0.426 e. The summed E-state index contributed by atoms with van der Waals surface area (Å²) in [5.74, 6) is 0.736. The minimum Gasteiger partial charge on any atom is -0.426 e. The molecule has 0 fully saturated rings. The van der Waals surface area contributed by atoms with Gasteiger partial charge in [-0.2, -0.15) is 0 Å². The zero-order chi connectivity index (χ0) is 13.0. The summed E-state index contributed by atoms with van der Waals surface area (Å²) in [4.78, 5) is 12.3. The molecule has 0 saturated carbocycles. The Kier molecular flexibility index (Phi) is 4.05. The van der Waals surface area contributed by atoms with Gasteiger partial charge in [-0.25, -0.2) is 0 Å². The summed E-state index contributed by atoms with van der Waals surface area (Å²) >= 11 is 0. The van der Waals surface area contributed by atoms with Crippen LogP contribution in [0.4, 0.5) is 0 Å². The molecule has 1 aliphatic rings. The van der Waals surface area contributed by atoms with Crippen LogP contribution in [0.1, 0.15) is 57.9 Å². The molecular formula is C16H22O2. The highest BCUT2D eigenvalue weighted by Gasteiger charge is 2.47. The number of hydrogen-bond acceptors (Lipinski definition) is 2. The Labute approximate surface area is 109 Å². The summed E-state index contributed by atoms with van der Waals surface area (Å²) in [6.45, 7) is 4.33. The number of fused-ring (bicyclic) bond motifs is 1. The average Bonchev–Trinajstić information content (AvgIpc) is 2.67. The van der Waals surface area contributed by atoms with Crippen molar-refractivity contribution in [3.8, 4) is 5.75 Å². The van der Waals surface area contributed by atoms with E-state index in [4.69, 9.17) is 4.74 Å². The van der Waals surface area contributed by atoms with Crippen LogP contribution in [0.2, 0.25) is 0 Å². The predicted molar refractivity (Wildman–Crippen MR) is 72.8 cm³/mol. The molecule has 1 heterocycles. The lowest BCUT2D eigenvalue weighted by atomic mass is 9.74. The molecule has 0 N–H and O–H groups in total. The zero-order valence-corrected chi connectivity index (χ0v) is 11.4. The van der Waals surface area contributed by atoms with Gasteiger partial charge in [-0.1, -0.05) is 57.7 Å². The minimum absolute atomic E-state index is 0.0365. The highest BCUT2D eigenvalue weighted by Crippen LogP contribution is 2.46. The van der Waals surface area contributed by atoms with Crippen LogP contribution in [-0.2, 0) is 10.2 Å². The van der Waals surface area contributed by atoms with E-state index in [-0.39, 0.29) is 11.4 Å². The van der Waals surface area contributed by atoms with Gasteiger partial charge in [-0.3, -0.25) is 4.79 Å². The van der Waals surface area contributed by atoms with Crippen LogP contribution in [0, 0.1) is 0 Å². The van der Waals surface area contributed by atoms with Crippen molar-refractivity contribution in [3.05, 3.63) is 29.8 Å². The lowest BCUT2D eigenvalue weighted by Gasteiger charge is -2.25. The molecule has 0 unspecified atom stereocenters. The SMILES string of the molecule is CCCCC1(CCCC)C(=O)Oc2ccccc21. The standard InChI is InChI=1S/C16H22O2/c1-3-5-11-16(12-6-4-2)13-9-7-8-10-14(13)18-15(16)17/h7-10H,3-6,11-12H2,1-2H3. The fraction of sp³-hybridized carbons (Fsp3) is 0.562. The van der Waals surface area contributed by atoms with E-state index in [1.165, 1.54) is 0 Å². The Morgan fingerprint density at radius 2 is 1.67 bits per heavy atom. The maximum Gasteiger partial charge on any atom is 0.322 e. The Balaban J connectivity index is 2.35. The molecule has 98 valence electrons. The van der Waals surface area contributed by atoms with Crippen molar-refractivity contribution in [2.75, 3.05) is 0 Å². The van der Waals surface area contributed by atoms with Gasteiger partial charge in [0.25, 0.3) is 0 Å². The second-order valence-electron chi connectivity index (χ2n) is 5.17. The molecule has 18 heavy (non-hydrogen) atoms. The molecule has 2 heteroatoms. The third kappa shape index (κ3) is 2.16. The molecule has 0 aliphatic carbocycles. The number of carbonyl (C=O) groups excluding carboxylic acids is 1. The number of hydrogen-bond donors (Lipinski definition) is 0. The van der Waals surface area contributed by atoms with Crippen molar-refractivity contribution in [2.24, 2.45) is 0 Å². The van der Waals surface area contributed by atoms with Crippen molar-refractivity contribution in [2.45, 2.75) is 57.8 Å². The normalized spacial score (nSPS) is 16.4. The van der Waals surface area contributed by atoms with Gasteiger partial charge in [-0.05, 0) is 18.9 Å². The highest BCUT2D eigenvalue weighted by atomic mass is 16.5. The molecule has 1 aromatic carbocycles. The van der Waals surface area contributed by atoms with E-state index < -0.39 is 0 Å². The van der Waals surface area contributed by atoms with E-state index in [0.717, 1.165) is 49.8 Å². The van der Waals surface area contributed by atoms with E-state index >= 15 is 0 Å². The Morgan fingerprint density at radius 3 is 2.28 bits per heavy atom. The number of esters is 1. The molecule has 0 aromatic heterocycles. The Bertz CT molecular complexity index is 415. The summed E-state index contributed by atoms with van der Waals surface area (Å²) in [7, 11) is 0. The van der Waals surface area contributed by atoms with Crippen LogP contribution in [0.15, 0.2) is 24.3 Å². The van der Waals surface area contributed by atoms with Gasteiger partial charge in [0.1, 0.15) is 5.75 Å². The summed E-state index contributed by atoms with van der Waals surface area (Å²) in [5.41, 5.74) is 0.736. The fourth-order valence-electron chi connectivity index (χ4n) is 2.81. The summed E-state index contributed by atoms with van der Waals surface area (Å²) in [6.07, 6.45) is 6.21. The molecule has 2 nitrogen and oxygen atoms in total. The number of ether oxygens (including phenoxy) is 1. The summed E-state index contributed by atoms with van der Waals surface area (Å²) < 4.78 is 5.48. The predicted octanol–water partition coefficient (Wildman–Crippen LogP) is 4.22. The highest BCUT2D eigenvalue weighted by molar-refractivity contribution is 5.90. The van der Waals surface area contributed by atoms with Crippen LogP contribution in [-0.4, -0.2) is 5.97 Å². The maximum absolute atomic E-state index is 12.3. The first-order chi connectivity index (χ1) is 8.74. The number of para-hydroxylation sites is 1. The first-order valence-corrected chi connectivity index (χ1v) is 7.06.